The lowest BCUT2D eigenvalue weighted by atomic mass is 9.87. The zero-order valence-electron chi connectivity index (χ0n) is 18.1. The van der Waals surface area contributed by atoms with Crippen LogP contribution in [0, 0.1) is 10.8 Å². The van der Waals surface area contributed by atoms with Crippen LogP contribution in [-0.4, -0.2) is 64.2 Å². The maximum Gasteiger partial charge on any atom is 0.343 e. The zero-order chi connectivity index (χ0) is 25.8. The first kappa shape index (κ1) is 29.3. The van der Waals surface area contributed by atoms with Gasteiger partial charge in [-0.25, -0.2) is 4.79 Å². The molecule has 0 saturated carbocycles. The number of hydrogen-bond donors (Lipinski definition) is 7. The van der Waals surface area contributed by atoms with Crippen molar-refractivity contribution in [3.05, 3.63) is 35.9 Å². The topological polar surface area (TPSA) is 250 Å². The normalized spacial score (nSPS) is 12.2. The van der Waals surface area contributed by atoms with Crippen molar-refractivity contribution >= 4 is 39.1 Å². The minimum atomic E-state index is -4.38. The summed E-state index contributed by atoms with van der Waals surface area (Å²) in [6.07, 6.45) is -0.398. The molecule has 15 heteroatoms. The minimum absolute atomic E-state index is 0.0142. The highest BCUT2D eigenvalue weighted by atomic mass is 32.2. The number of carbonyl (C=O) groups is 3. The highest BCUT2D eigenvalue weighted by molar-refractivity contribution is 8.01. The van der Waals surface area contributed by atoms with Crippen molar-refractivity contribution in [2.75, 3.05) is 6.54 Å². The van der Waals surface area contributed by atoms with E-state index in [1.165, 1.54) is 0 Å². The number of hydroxylamine groups is 2. The van der Waals surface area contributed by atoms with Gasteiger partial charge >= 0.3 is 22.1 Å². The summed E-state index contributed by atoms with van der Waals surface area (Å²) in [6.45, 7) is 3.34. The summed E-state index contributed by atoms with van der Waals surface area (Å²) in [7, 11) is -4.38. The molecule has 0 radical (unpaired) electrons. The molecular formula is C18H28N6O8S. The molecule has 0 saturated heterocycles. The molecule has 1 unspecified atom stereocenters. The van der Waals surface area contributed by atoms with Gasteiger partial charge in [-0.3, -0.25) is 25.0 Å². The number of nitrogens with two attached hydrogens (primary N) is 2. The summed E-state index contributed by atoms with van der Waals surface area (Å²) in [4.78, 5) is 40.3. The third-order valence-electron chi connectivity index (χ3n) is 4.03. The summed E-state index contributed by atoms with van der Waals surface area (Å²) in [5, 5.41) is 24.6. The van der Waals surface area contributed by atoms with E-state index in [2.05, 4.69) is 11.1 Å². The number of carbonyl (C=O) groups excluding carboxylic acids is 2. The standard InChI is InChI=1S/C17H24N4O5.CH4N2O3S/c1-3-17(20-16(18)19,11-12-8-6-5-7-9-12)15(25)21(4-2)26-14(24)10-13(22)23;2-1(3)7(4,5)6/h5-9H,3-4,10-11H2,1-2H3,(H,22,23)(H4,18,19,20);(H3,2,3)(H,4,5,6). The van der Waals surface area contributed by atoms with Gasteiger partial charge in [0.2, 0.25) is 5.17 Å². The van der Waals surface area contributed by atoms with Gasteiger partial charge in [0.1, 0.15) is 12.0 Å². The molecule has 0 aliphatic carbocycles. The molecule has 0 bridgehead atoms. The number of carboxylic acid groups (broad SMARTS) is 1. The molecule has 1 amide bonds. The molecule has 1 aromatic rings. The van der Waals surface area contributed by atoms with Gasteiger partial charge in [-0.1, -0.05) is 37.3 Å². The fourth-order valence-electron chi connectivity index (χ4n) is 2.51. The molecule has 33 heavy (non-hydrogen) atoms. The Morgan fingerprint density at radius 2 is 1.67 bits per heavy atom. The number of nitrogens with one attached hydrogen (secondary N) is 3. The van der Waals surface area contributed by atoms with Crippen LogP contribution in [0.15, 0.2) is 30.3 Å². The Morgan fingerprint density at radius 1 is 1.15 bits per heavy atom. The fourth-order valence-corrected chi connectivity index (χ4v) is 2.51. The van der Waals surface area contributed by atoms with Crippen LogP contribution in [0.3, 0.4) is 0 Å². The molecule has 0 heterocycles. The number of benzene rings is 1. The third-order valence-corrected chi connectivity index (χ3v) is 4.59. The van der Waals surface area contributed by atoms with Crippen molar-refractivity contribution < 1.29 is 37.3 Å². The molecule has 9 N–H and O–H groups in total. The Balaban J connectivity index is 0.00000126. The van der Waals surface area contributed by atoms with E-state index in [9.17, 15) is 22.8 Å². The number of rotatable bonds is 8. The van der Waals surface area contributed by atoms with Crippen LogP contribution in [0.5, 0.6) is 0 Å². The van der Waals surface area contributed by atoms with Crippen molar-refractivity contribution in [3.63, 3.8) is 0 Å². The van der Waals surface area contributed by atoms with Gasteiger partial charge in [-0.15, -0.1) is 0 Å². The second-order valence-electron chi connectivity index (χ2n) is 6.51. The van der Waals surface area contributed by atoms with Crippen LogP contribution in [0.1, 0.15) is 32.3 Å². The fraction of sp³-hybridized carbons (Fsp3) is 0.389. The van der Waals surface area contributed by atoms with Crippen molar-refractivity contribution in [1.29, 1.82) is 10.8 Å². The number of amidine groups is 1. The van der Waals surface area contributed by atoms with E-state index in [4.69, 9.17) is 31.0 Å². The van der Waals surface area contributed by atoms with Gasteiger partial charge in [0, 0.05) is 6.42 Å². The lowest BCUT2D eigenvalue weighted by Crippen LogP contribution is -2.62. The van der Waals surface area contributed by atoms with Crippen molar-refractivity contribution in [3.8, 4) is 0 Å². The molecule has 1 aromatic carbocycles. The van der Waals surface area contributed by atoms with Crippen LogP contribution in [-0.2, 0) is 35.8 Å². The van der Waals surface area contributed by atoms with Crippen molar-refractivity contribution in [2.45, 2.75) is 38.6 Å². The lowest BCUT2D eigenvalue weighted by Gasteiger charge is -2.36. The average Bonchev–Trinajstić information content (AvgIpc) is 2.70. The molecule has 184 valence electrons. The number of hydrogen-bond acceptors (Lipinski definition) is 8. The van der Waals surface area contributed by atoms with Crippen LogP contribution in [0.4, 0.5) is 0 Å². The molecule has 0 fully saturated rings. The van der Waals surface area contributed by atoms with Crippen molar-refractivity contribution in [2.24, 2.45) is 11.5 Å². The van der Waals surface area contributed by atoms with Gasteiger partial charge in [0.15, 0.2) is 5.96 Å². The first-order valence-corrected chi connectivity index (χ1v) is 10.8. The summed E-state index contributed by atoms with van der Waals surface area (Å²) in [5.74, 6) is -3.42. The van der Waals surface area contributed by atoms with E-state index in [1.807, 2.05) is 30.3 Å². The minimum Gasteiger partial charge on any atom is -0.481 e. The van der Waals surface area contributed by atoms with E-state index < -0.39 is 51.1 Å². The van der Waals surface area contributed by atoms with Gasteiger partial charge in [0.25, 0.3) is 5.91 Å². The Labute approximate surface area is 190 Å². The Bertz CT molecular complexity index is 969. The molecule has 0 spiro atoms. The highest BCUT2D eigenvalue weighted by Gasteiger charge is 2.41. The van der Waals surface area contributed by atoms with Gasteiger partial charge < -0.3 is 26.7 Å². The lowest BCUT2D eigenvalue weighted by molar-refractivity contribution is -0.202. The van der Waals surface area contributed by atoms with E-state index >= 15 is 0 Å². The summed E-state index contributed by atoms with van der Waals surface area (Å²) >= 11 is 0. The van der Waals surface area contributed by atoms with Crippen LogP contribution in [0.2, 0.25) is 0 Å². The smallest absolute Gasteiger partial charge is 0.343 e. The second-order valence-corrected chi connectivity index (χ2v) is 7.90. The Kier molecular flexibility index (Phi) is 11.5. The predicted molar refractivity (Wildman–Crippen MR) is 117 cm³/mol. The molecule has 0 aliphatic heterocycles. The number of guanidine groups is 1. The van der Waals surface area contributed by atoms with E-state index in [0.717, 1.165) is 10.6 Å². The van der Waals surface area contributed by atoms with E-state index in [-0.39, 0.29) is 19.4 Å². The summed E-state index contributed by atoms with van der Waals surface area (Å²) in [6, 6.07) is 9.12. The molecule has 0 aromatic heterocycles. The van der Waals surface area contributed by atoms with Crippen molar-refractivity contribution in [1.82, 2.24) is 10.4 Å². The SMILES string of the molecule is CCN(OC(=O)CC(=O)O)C(=O)C(CC)(Cc1ccccc1)NC(=N)N.N=C(N)S(=O)(=O)O. The summed E-state index contributed by atoms with van der Waals surface area (Å²) < 4.78 is 26.8. The average molecular weight is 489 g/mol. The molecule has 1 atom stereocenters. The third kappa shape index (κ3) is 10.4. The second kappa shape index (κ2) is 13.0. The summed E-state index contributed by atoms with van der Waals surface area (Å²) in [5.41, 5.74) is 9.30. The van der Waals surface area contributed by atoms with E-state index in [1.54, 1.807) is 13.8 Å². The zero-order valence-corrected chi connectivity index (χ0v) is 18.9. The molecular weight excluding hydrogens is 460 g/mol. The monoisotopic (exact) mass is 488 g/mol. The number of carboxylic acids is 1. The first-order valence-electron chi connectivity index (χ1n) is 9.40. The van der Waals surface area contributed by atoms with Gasteiger partial charge in [0.05, 0.1) is 6.54 Å². The van der Waals surface area contributed by atoms with Crippen LogP contribution < -0.4 is 16.8 Å². The Hall–Kier alpha value is -3.72. The van der Waals surface area contributed by atoms with Gasteiger partial charge in [-0.2, -0.15) is 13.5 Å². The highest BCUT2D eigenvalue weighted by Crippen LogP contribution is 2.21. The van der Waals surface area contributed by atoms with Gasteiger partial charge in [-0.05, 0) is 18.9 Å². The van der Waals surface area contributed by atoms with Crippen LogP contribution >= 0.6 is 0 Å². The number of likely N-dealkylation sites (N-methyl/N-ethyl adjacent to an activating group) is 1. The van der Waals surface area contributed by atoms with E-state index in [0.29, 0.717) is 0 Å². The number of aliphatic carboxylic acids is 1. The maximum atomic E-state index is 13.1. The Morgan fingerprint density at radius 3 is 2.03 bits per heavy atom. The number of amides is 1. The molecule has 14 nitrogen and oxygen atoms in total. The van der Waals surface area contributed by atoms with Crippen LogP contribution in [0.25, 0.3) is 0 Å². The predicted octanol–water partition coefficient (Wildman–Crippen LogP) is -0.590. The maximum absolute atomic E-state index is 13.1. The quantitative estimate of drug-likeness (QED) is 0.0800. The first-order chi connectivity index (χ1) is 15.2. The largest absolute Gasteiger partial charge is 0.481 e. The number of nitrogens with zero attached hydrogens (tertiary/aromatic N) is 1. The molecule has 1 rings (SSSR count). The molecule has 0 aliphatic rings.